The van der Waals surface area contributed by atoms with Gasteiger partial charge in [-0.2, -0.15) is 4.31 Å². The number of benzene rings is 2. The first-order chi connectivity index (χ1) is 17.5. The van der Waals surface area contributed by atoms with Crippen molar-refractivity contribution in [2.75, 3.05) is 18.4 Å². The van der Waals surface area contributed by atoms with Gasteiger partial charge in [0.1, 0.15) is 10.0 Å². The minimum atomic E-state index is -3.52. The fourth-order valence-corrected chi connectivity index (χ4v) is 8.98. The molecular weight excluding hydrogens is 511 g/mol. The lowest BCUT2D eigenvalue weighted by atomic mass is 9.95. The normalized spacial score (nSPS) is 16.7. The number of thiophene rings is 1. The van der Waals surface area contributed by atoms with E-state index in [-0.39, 0.29) is 10.8 Å². The maximum Gasteiger partial charge on any atom is 0.256 e. The van der Waals surface area contributed by atoms with Gasteiger partial charge in [0.25, 0.3) is 5.91 Å². The molecule has 0 radical (unpaired) electrons. The summed E-state index contributed by atoms with van der Waals surface area (Å²) in [6, 6.07) is 14.4. The lowest BCUT2D eigenvalue weighted by molar-refractivity contribution is 0.102. The number of thiazole rings is 1. The lowest BCUT2D eigenvalue weighted by Gasteiger charge is -2.25. The highest BCUT2D eigenvalue weighted by Crippen LogP contribution is 2.46. The van der Waals surface area contributed by atoms with E-state index in [1.54, 1.807) is 51.2 Å². The van der Waals surface area contributed by atoms with Crippen LogP contribution in [0.5, 0.6) is 0 Å². The van der Waals surface area contributed by atoms with Gasteiger partial charge < -0.3 is 5.32 Å². The van der Waals surface area contributed by atoms with Gasteiger partial charge in [0, 0.05) is 29.1 Å². The fourth-order valence-electron chi connectivity index (χ4n) is 5.07. The Kier molecular flexibility index (Phi) is 6.41. The van der Waals surface area contributed by atoms with Crippen molar-refractivity contribution >= 4 is 53.8 Å². The zero-order chi connectivity index (χ0) is 24.7. The average molecular weight is 538 g/mol. The van der Waals surface area contributed by atoms with Crippen LogP contribution in [0.3, 0.4) is 0 Å². The highest BCUT2D eigenvalue weighted by atomic mass is 32.2. The Balaban J connectivity index is 1.29. The molecule has 1 amide bonds. The van der Waals surface area contributed by atoms with Crippen LogP contribution in [-0.2, 0) is 22.9 Å². The third-order valence-electron chi connectivity index (χ3n) is 6.98. The molecule has 1 aliphatic heterocycles. The van der Waals surface area contributed by atoms with Crippen LogP contribution in [0.1, 0.15) is 52.9 Å². The average Bonchev–Trinajstić information content (AvgIpc) is 3.50. The highest BCUT2D eigenvalue weighted by Gasteiger charge is 2.27. The Hall–Kier alpha value is -2.59. The number of nitrogens with one attached hydrogen (secondary N) is 1. The summed E-state index contributed by atoms with van der Waals surface area (Å²) < 4.78 is 28.6. The number of aryl methyl sites for hydroxylation is 1. The molecule has 2 aromatic heterocycles. The number of hydrogen-bond acceptors (Lipinski definition) is 6. The van der Waals surface area contributed by atoms with Gasteiger partial charge in [-0.1, -0.05) is 18.6 Å². The first kappa shape index (κ1) is 23.8. The Morgan fingerprint density at radius 2 is 1.64 bits per heavy atom. The number of rotatable bonds is 5. The molecule has 36 heavy (non-hydrogen) atoms. The molecule has 1 saturated heterocycles. The van der Waals surface area contributed by atoms with E-state index in [0.29, 0.717) is 18.7 Å². The van der Waals surface area contributed by atoms with Gasteiger partial charge in [-0.15, -0.1) is 22.7 Å². The maximum absolute atomic E-state index is 13.3. The lowest BCUT2D eigenvalue weighted by Crippen LogP contribution is -2.35. The number of sulfonamides is 1. The second-order valence-corrected chi connectivity index (χ2v) is 13.4. The van der Waals surface area contributed by atoms with Crippen LogP contribution in [0.15, 0.2) is 53.4 Å². The Bertz CT molecular complexity index is 1500. The molecule has 0 spiro atoms. The number of carbonyl (C=O) groups excluding carboxylic acids is 1. The summed E-state index contributed by atoms with van der Waals surface area (Å²) in [5.41, 5.74) is 3.77. The van der Waals surface area contributed by atoms with Gasteiger partial charge in [0.15, 0.2) is 0 Å². The summed E-state index contributed by atoms with van der Waals surface area (Å²) in [5.74, 6) is -0.238. The topological polar surface area (TPSA) is 79.4 Å². The molecule has 6 nitrogen and oxygen atoms in total. The fraction of sp³-hybridized carbons (Fsp3) is 0.333. The van der Waals surface area contributed by atoms with E-state index in [2.05, 4.69) is 11.4 Å². The predicted octanol–water partition coefficient (Wildman–Crippen LogP) is 6.33. The van der Waals surface area contributed by atoms with Crippen molar-refractivity contribution in [3.05, 3.63) is 64.5 Å². The predicted molar refractivity (Wildman–Crippen MR) is 147 cm³/mol. The maximum atomic E-state index is 13.3. The molecule has 2 aliphatic rings. The largest absolute Gasteiger partial charge is 0.313 e. The standard InChI is InChI=1S/C27H27N3O3S3/c31-25(18-12-14-19(15-13-18)36(32,33)30-16-6-1-7-17-30)29-27-24(20-8-2-4-10-22(20)34-27)26-28-21-9-3-5-11-23(21)35-26/h3,5,9,11-15H,1-2,4,6-8,10,16-17H2,(H,29,31). The molecule has 4 aromatic rings. The summed E-state index contributed by atoms with van der Waals surface area (Å²) >= 11 is 3.30. The SMILES string of the molecule is O=C(Nc1sc2c(c1-c1nc3ccccc3s1)CCCC2)c1ccc(S(=O)(=O)N2CCCCC2)cc1. The van der Waals surface area contributed by atoms with Crippen LogP contribution in [0, 0.1) is 0 Å². The van der Waals surface area contributed by atoms with Gasteiger partial charge >= 0.3 is 0 Å². The Labute approximate surface area is 219 Å². The summed E-state index contributed by atoms with van der Waals surface area (Å²) in [5, 5.41) is 4.90. The van der Waals surface area contributed by atoms with Crippen molar-refractivity contribution in [3.63, 3.8) is 0 Å². The van der Waals surface area contributed by atoms with Crippen molar-refractivity contribution in [2.45, 2.75) is 49.8 Å². The summed E-state index contributed by atoms with van der Waals surface area (Å²) in [4.78, 5) is 19.7. The van der Waals surface area contributed by atoms with Gasteiger partial charge in [0.2, 0.25) is 10.0 Å². The first-order valence-electron chi connectivity index (χ1n) is 12.4. The number of nitrogens with zero attached hydrogens (tertiary/aromatic N) is 2. The molecule has 0 bridgehead atoms. The number of amides is 1. The molecule has 2 aromatic carbocycles. The molecule has 186 valence electrons. The van der Waals surface area contributed by atoms with E-state index in [1.807, 2.05) is 18.2 Å². The monoisotopic (exact) mass is 537 g/mol. The van der Waals surface area contributed by atoms with Crippen molar-refractivity contribution in [1.82, 2.24) is 9.29 Å². The first-order valence-corrected chi connectivity index (χ1v) is 15.5. The molecule has 1 fully saturated rings. The van der Waals surface area contributed by atoms with Gasteiger partial charge in [-0.05, 0) is 80.5 Å². The zero-order valence-electron chi connectivity index (χ0n) is 19.8. The second kappa shape index (κ2) is 9.70. The Morgan fingerprint density at radius 1 is 0.889 bits per heavy atom. The number of para-hydroxylation sites is 1. The number of anilines is 1. The zero-order valence-corrected chi connectivity index (χ0v) is 22.3. The van der Waals surface area contributed by atoms with Crippen LogP contribution in [-0.4, -0.2) is 36.7 Å². The van der Waals surface area contributed by atoms with Gasteiger partial charge in [0.05, 0.1) is 15.1 Å². The molecule has 3 heterocycles. The number of aromatic nitrogens is 1. The van der Waals surface area contributed by atoms with E-state index in [4.69, 9.17) is 4.98 Å². The quantitative estimate of drug-likeness (QED) is 0.323. The summed E-state index contributed by atoms with van der Waals surface area (Å²) in [7, 11) is -3.52. The van der Waals surface area contributed by atoms with Gasteiger partial charge in [-0.3, -0.25) is 4.79 Å². The van der Waals surface area contributed by atoms with Crippen LogP contribution < -0.4 is 5.32 Å². The van der Waals surface area contributed by atoms with E-state index in [1.165, 1.54) is 10.4 Å². The van der Waals surface area contributed by atoms with Crippen LogP contribution >= 0.6 is 22.7 Å². The molecule has 1 N–H and O–H groups in total. The molecule has 0 unspecified atom stereocenters. The molecule has 6 rings (SSSR count). The van der Waals surface area contributed by atoms with Crippen molar-refractivity contribution in [2.24, 2.45) is 0 Å². The summed E-state index contributed by atoms with van der Waals surface area (Å²) in [6.07, 6.45) is 7.17. The van der Waals surface area contributed by atoms with Crippen molar-refractivity contribution in [1.29, 1.82) is 0 Å². The van der Waals surface area contributed by atoms with Crippen LogP contribution in [0.4, 0.5) is 5.00 Å². The second-order valence-electron chi connectivity index (χ2n) is 9.35. The number of hydrogen-bond donors (Lipinski definition) is 1. The van der Waals surface area contributed by atoms with Crippen LogP contribution in [0.25, 0.3) is 20.8 Å². The minimum absolute atomic E-state index is 0.238. The van der Waals surface area contributed by atoms with Crippen molar-refractivity contribution in [3.8, 4) is 10.6 Å². The highest BCUT2D eigenvalue weighted by molar-refractivity contribution is 7.89. The van der Waals surface area contributed by atoms with E-state index >= 15 is 0 Å². The van der Waals surface area contributed by atoms with Crippen LogP contribution in [0.2, 0.25) is 0 Å². The number of fused-ring (bicyclic) bond motifs is 2. The minimum Gasteiger partial charge on any atom is -0.313 e. The number of carbonyl (C=O) groups is 1. The Morgan fingerprint density at radius 3 is 2.42 bits per heavy atom. The van der Waals surface area contributed by atoms with Gasteiger partial charge in [-0.25, -0.2) is 13.4 Å². The smallest absolute Gasteiger partial charge is 0.256 e. The molecule has 0 atom stereocenters. The molecule has 1 aliphatic carbocycles. The van der Waals surface area contributed by atoms with E-state index in [9.17, 15) is 13.2 Å². The van der Waals surface area contributed by atoms with Crippen molar-refractivity contribution < 1.29 is 13.2 Å². The molecule has 0 saturated carbocycles. The molecule has 9 heteroatoms. The summed E-state index contributed by atoms with van der Waals surface area (Å²) in [6.45, 7) is 1.12. The number of piperidine rings is 1. The third kappa shape index (κ3) is 4.38. The van der Waals surface area contributed by atoms with E-state index in [0.717, 1.165) is 70.7 Å². The third-order valence-corrected chi connectivity index (χ3v) is 11.1. The van der Waals surface area contributed by atoms with E-state index < -0.39 is 10.0 Å². The molecular formula is C27H27N3O3S3.